The maximum atomic E-state index is 13.7. The zero-order valence-electron chi connectivity index (χ0n) is 21.8. The van der Waals surface area contributed by atoms with Gasteiger partial charge in [0.05, 0.1) is 23.6 Å². The van der Waals surface area contributed by atoms with Crippen LogP contribution in [0.1, 0.15) is 54.6 Å². The molecule has 2 aromatic rings. The number of nitrogens with two attached hydrogens (primary N) is 1. The van der Waals surface area contributed by atoms with Gasteiger partial charge in [-0.2, -0.15) is 0 Å². The molecule has 1 spiro atoms. The van der Waals surface area contributed by atoms with Crippen molar-refractivity contribution in [3.05, 3.63) is 23.4 Å². The molecule has 0 atom stereocenters. The summed E-state index contributed by atoms with van der Waals surface area (Å²) < 4.78 is 55.3. The number of aryl methyl sites for hydroxylation is 1. The van der Waals surface area contributed by atoms with Crippen LogP contribution >= 0.6 is 0 Å². The van der Waals surface area contributed by atoms with E-state index < -0.39 is 34.2 Å². The van der Waals surface area contributed by atoms with Crippen molar-refractivity contribution in [1.82, 2.24) is 15.0 Å². The van der Waals surface area contributed by atoms with Gasteiger partial charge in [-0.25, -0.2) is 32.2 Å². The highest BCUT2D eigenvalue weighted by molar-refractivity contribution is 7.92. The number of sulfonamides is 1. The number of halogens is 2. The summed E-state index contributed by atoms with van der Waals surface area (Å²) in [6.45, 7) is 2.55. The second-order valence-electron chi connectivity index (χ2n) is 10.8. The number of aliphatic hydroxyl groups is 1. The quantitative estimate of drug-likeness (QED) is 0.437. The van der Waals surface area contributed by atoms with Gasteiger partial charge >= 0.3 is 0 Å². The predicted octanol–water partition coefficient (Wildman–Crippen LogP) is 2.30. The molecule has 2 saturated heterocycles. The molecule has 39 heavy (non-hydrogen) atoms. The molecular formula is C25H33F2N7O4S. The Kier molecular flexibility index (Phi) is 7.12. The van der Waals surface area contributed by atoms with E-state index in [1.807, 2.05) is 4.90 Å². The molecular weight excluding hydrogens is 532 g/mol. The average molecular weight is 566 g/mol. The van der Waals surface area contributed by atoms with Crippen LogP contribution in [0.4, 0.5) is 26.4 Å². The van der Waals surface area contributed by atoms with Crippen molar-refractivity contribution in [2.75, 3.05) is 53.1 Å². The Morgan fingerprint density at radius 2 is 1.67 bits per heavy atom. The minimum absolute atomic E-state index is 0.0616. The van der Waals surface area contributed by atoms with Crippen molar-refractivity contribution in [3.63, 3.8) is 0 Å². The van der Waals surface area contributed by atoms with Gasteiger partial charge in [-0.3, -0.25) is 9.52 Å². The topological polar surface area (TPSA) is 155 Å². The van der Waals surface area contributed by atoms with E-state index in [1.54, 1.807) is 17.9 Å². The minimum Gasteiger partial charge on any atom is -0.395 e. The van der Waals surface area contributed by atoms with Crippen molar-refractivity contribution in [2.45, 2.75) is 51.4 Å². The maximum Gasteiger partial charge on any atom is 0.252 e. The Morgan fingerprint density at radius 1 is 1.03 bits per heavy atom. The molecule has 0 radical (unpaired) electrons. The number of carbonyl (C=O) groups is 1. The number of rotatable bonds is 8. The third-order valence-electron chi connectivity index (χ3n) is 7.86. The highest BCUT2D eigenvalue weighted by atomic mass is 32.2. The van der Waals surface area contributed by atoms with E-state index in [4.69, 9.17) is 5.73 Å². The number of alkyl halides is 2. The van der Waals surface area contributed by atoms with Crippen LogP contribution < -0.4 is 20.3 Å². The van der Waals surface area contributed by atoms with Gasteiger partial charge in [-0.05, 0) is 50.2 Å². The highest BCUT2D eigenvalue weighted by Gasteiger charge is 2.45. The van der Waals surface area contributed by atoms with E-state index in [0.29, 0.717) is 24.2 Å². The monoisotopic (exact) mass is 565 g/mol. The molecule has 14 heteroatoms. The standard InChI is InChI=1S/C25H33F2N7O4S/c1-16-14-19(30-23(29-16)34-10-6-25(26,27)7-11-34)17-15-18(20(28)36)22(31-21(17)32-39(37,38)13-12-35)33-8-4-24(2-3-24)5-9-33/h14-15,35H,2-13H2,1H3,(H2,28,36)(H,31,32). The Morgan fingerprint density at radius 3 is 2.26 bits per heavy atom. The Balaban J connectivity index is 1.58. The number of aliphatic hydroxyl groups excluding tert-OH is 1. The number of amides is 1. The molecule has 4 N–H and O–H groups in total. The number of carbonyl (C=O) groups excluding carboxylic acids is 1. The fourth-order valence-electron chi connectivity index (χ4n) is 5.25. The molecule has 4 heterocycles. The minimum atomic E-state index is -3.99. The number of nitrogens with one attached hydrogen (secondary N) is 1. The van der Waals surface area contributed by atoms with Crippen LogP contribution in [-0.4, -0.2) is 78.8 Å². The van der Waals surface area contributed by atoms with Crippen molar-refractivity contribution in [2.24, 2.45) is 11.1 Å². The van der Waals surface area contributed by atoms with Crippen LogP contribution in [0, 0.1) is 12.3 Å². The first-order valence-electron chi connectivity index (χ1n) is 13.1. The van der Waals surface area contributed by atoms with Crippen molar-refractivity contribution in [3.8, 4) is 11.3 Å². The molecule has 1 aliphatic carbocycles. The lowest BCUT2D eigenvalue weighted by molar-refractivity contribution is -0.0222. The number of piperidine rings is 2. The average Bonchev–Trinajstić information content (AvgIpc) is 3.62. The molecule has 0 aromatic carbocycles. The smallest absolute Gasteiger partial charge is 0.252 e. The molecule has 2 aliphatic heterocycles. The molecule has 212 valence electrons. The normalized spacial score (nSPS) is 20.2. The largest absolute Gasteiger partial charge is 0.395 e. The molecule has 0 unspecified atom stereocenters. The lowest BCUT2D eigenvalue weighted by Crippen LogP contribution is -2.40. The number of anilines is 3. The van der Waals surface area contributed by atoms with Crippen LogP contribution in [0.2, 0.25) is 0 Å². The van der Waals surface area contributed by atoms with E-state index in [2.05, 4.69) is 19.7 Å². The zero-order valence-corrected chi connectivity index (χ0v) is 22.6. The molecule has 1 saturated carbocycles. The van der Waals surface area contributed by atoms with Crippen LogP contribution in [-0.2, 0) is 10.0 Å². The van der Waals surface area contributed by atoms with Crippen LogP contribution in [0.25, 0.3) is 11.3 Å². The second-order valence-corrected chi connectivity index (χ2v) is 12.6. The van der Waals surface area contributed by atoms with Crippen LogP contribution in [0.3, 0.4) is 0 Å². The molecule has 5 rings (SSSR count). The van der Waals surface area contributed by atoms with E-state index in [9.17, 15) is 27.1 Å². The van der Waals surface area contributed by atoms with Gasteiger partial charge in [0.2, 0.25) is 16.0 Å². The summed E-state index contributed by atoms with van der Waals surface area (Å²) in [4.78, 5) is 29.8. The zero-order chi connectivity index (χ0) is 28.0. The van der Waals surface area contributed by atoms with Gasteiger partial charge in [0, 0.05) is 50.3 Å². The van der Waals surface area contributed by atoms with Gasteiger partial charge in [0.25, 0.3) is 11.8 Å². The predicted molar refractivity (Wildman–Crippen MR) is 143 cm³/mol. The van der Waals surface area contributed by atoms with Gasteiger partial charge in [-0.15, -0.1) is 0 Å². The fraction of sp³-hybridized carbons (Fsp3) is 0.600. The number of aromatic nitrogens is 3. The number of nitrogens with zero attached hydrogens (tertiary/aromatic N) is 5. The summed E-state index contributed by atoms with van der Waals surface area (Å²) in [5.74, 6) is -3.58. The van der Waals surface area contributed by atoms with E-state index in [0.717, 1.165) is 12.8 Å². The number of hydrogen-bond donors (Lipinski definition) is 3. The van der Waals surface area contributed by atoms with E-state index in [-0.39, 0.29) is 60.3 Å². The van der Waals surface area contributed by atoms with Crippen molar-refractivity contribution >= 4 is 33.5 Å². The Bertz CT molecular complexity index is 1360. The van der Waals surface area contributed by atoms with Gasteiger partial charge in [0.1, 0.15) is 5.82 Å². The molecule has 11 nitrogen and oxygen atoms in total. The lowest BCUT2D eigenvalue weighted by Gasteiger charge is -2.34. The summed E-state index contributed by atoms with van der Waals surface area (Å²) in [6, 6.07) is 3.07. The number of hydrogen-bond acceptors (Lipinski definition) is 9. The second kappa shape index (κ2) is 10.1. The van der Waals surface area contributed by atoms with Gasteiger partial charge in [-0.1, -0.05) is 0 Å². The molecule has 0 bridgehead atoms. The van der Waals surface area contributed by atoms with Gasteiger partial charge in [0.15, 0.2) is 5.82 Å². The van der Waals surface area contributed by atoms with Crippen molar-refractivity contribution < 1.29 is 27.1 Å². The summed E-state index contributed by atoms with van der Waals surface area (Å²) in [5, 5.41) is 9.26. The Labute approximate surface area is 225 Å². The maximum absolute atomic E-state index is 13.7. The first kappa shape index (κ1) is 27.4. The number of pyridine rings is 1. The van der Waals surface area contributed by atoms with E-state index >= 15 is 0 Å². The third kappa shape index (κ3) is 6.06. The van der Waals surface area contributed by atoms with Crippen LogP contribution in [0.15, 0.2) is 12.1 Å². The summed E-state index contributed by atoms with van der Waals surface area (Å²) in [6.07, 6.45) is 3.61. The highest BCUT2D eigenvalue weighted by Crippen LogP contribution is 2.54. The summed E-state index contributed by atoms with van der Waals surface area (Å²) in [7, 11) is -3.99. The first-order chi connectivity index (χ1) is 18.4. The lowest BCUT2D eigenvalue weighted by atomic mass is 9.93. The van der Waals surface area contributed by atoms with Gasteiger partial charge < -0.3 is 20.6 Å². The molecule has 3 fully saturated rings. The molecule has 1 amide bonds. The van der Waals surface area contributed by atoms with Crippen LogP contribution in [0.5, 0.6) is 0 Å². The number of primary amides is 1. The first-order valence-corrected chi connectivity index (χ1v) is 14.7. The summed E-state index contributed by atoms with van der Waals surface area (Å²) in [5.41, 5.74) is 7.23. The SMILES string of the molecule is Cc1cc(-c2cc(C(N)=O)c(N3CCC4(CC3)CC4)nc2NS(=O)(=O)CCO)nc(N2CCC(F)(F)CC2)n1. The van der Waals surface area contributed by atoms with Crippen molar-refractivity contribution in [1.29, 1.82) is 0 Å². The third-order valence-corrected chi connectivity index (χ3v) is 9.08. The molecule has 3 aliphatic rings. The Hall–Kier alpha value is -3.13. The fourth-order valence-corrected chi connectivity index (χ4v) is 6.05. The molecule has 2 aromatic heterocycles. The summed E-state index contributed by atoms with van der Waals surface area (Å²) >= 11 is 0. The van der Waals surface area contributed by atoms with E-state index in [1.165, 1.54) is 18.9 Å².